The average molecular weight is 681 g/mol. The van der Waals surface area contributed by atoms with E-state index in [1.165, 1.54) is 9.47 Å². The molecule has 1 N–H and O–H groups in total. The number of carbonyl (C=O) groups is 1. The van der Waals surface area contributed by atoms with Crippen molar-refractivity contribution in [3.8, 4) is 11.1 Å². The van der Waals surface area contributed by atoms with Crippen molar-refractivity contribution in [3.05, 3.63) is 51.9 Å². The number of nitrogens with zero attached hydrogens (tertiary/aromatic N) is 5. The van der Waals surface area contributed by atoms with E-state index < -0.39 is 64.0 Å². The molecule has 0 aliphatic carbocycles. The van der Waals surface area contributed by atoms with Crippen LogP contribution in [0, 0.1) is 11.6 Å². The van der Waals surface area contributed by atoms with Crippen LogP contribution in [0.4, 0.5) is 32.6 Å². The lowest BCUT2D eigenvalue weighted by Crippen LogP contribution is -2.55. The highest BCUT2D eigenvalue weighted by molar-refractivity contribution is 7.99. The summed E-state index contributed by atoms with van der Waals surface area (Å²) in [5.74, 6) is -1.72. The third-order valence-corrected chi connectivity index (χ3v) is 9.90. The van der Waals surface area contributed by atoms with Gasteiger partial charge in [-0.05, 0) is 45.9 Å². The summed E-state index contributed by atoms with van der Waals surface area (Å²) < 4.78 is 80.9. The molecule has 4 heterocycles. The zero-order valence-corrected chi connectivity index (χ0v) is 27.4. The van der Waals surface area contributed by atoms with Gasteiger partial charge in [-0.2, -0.15) is 18.2 Å². The number of alkyl halides is 3. The Morgan fingerprint density at radius 1 is 1.09 bits per heavy atom. The van der Waals surface area contributed by atoms with E-state index in [1.54, 1.807) is 32.6 Å². The Bertz CT molecular complexity index is 1750. The minimum absolute atomic E-state index is 0.0684. The quantitative estimate of drug-likeness (QED) is 0.370. The van der Waals surface area contributed by atoms with Gasteiger partial charge in [-0.25, -0.2) is 18.4 Å². The number of hydrogen-bond acceptors (Lipinski definition) is 8. The molecule has 2 atom stereocenters. The molecule has 1 aromatic heterocycles. The standard InChI is InChI=1S/C32H37F5N6O3S/c1-18-15-41(30(45)46-31(2,3)4)11-12-42(18)28-22-14-23(32(35,36)37)25(21-6-5-19(33)13-24(21)34)27-26(22)43(29(44)39-28)20(17-47-27)16-40-9-7-38-8-10-40/h5-6,13-14,18,20,38H,7-12,15-17H2,1-4H3/t18-,20-/m0/s1. The molecule has 1 amide bonds. The maximum Gasteiger partial charge on any atom is 0.417 e. The molecule has 9 nitrogen and oxygen atoms in total. The summed E-state index contributed by atoms with van der Waals surface area (Å²) in [5, 5.41) is 3.39. The molecule has 0 bridgehead atoms. The summed E-state index contributed by atoms with van der Waals surface area (Å²) >= 11 is 1.14. The van der Waals surface area contributed by atoms with E-state index in [9.17, 15) is 27.2 Å². The number of carbonyl (C=O) groups excluding carboxylic acids is 1. The van der Waals surface area contributed by atoms with Crippen molar-refractivity contribution in [3.63, 3.8) is 0 Å². The summed E-state index contributed by atoms with van der Waals surface area (Å²) in [4.78, 5) is 36.8. The van der Waals surface area contributed by atoms with Crippen LogP contribution >= 0.6 is 11.8 Å². The fourth-order valence-corrected chi connectivity index (χ4v) is 7.91. The van der Waals surface area contributed by atoms with E-state index in [2.05, 4.69) is 15.2 Å². The lowest BCUT2D eigenvalue weighted by molar-refractivity contribution is -0.137. The molecule has 2 fully saturated rings. The molecule has 0 radical (unpaired) electrons. The number of thioether (sulfide) groups is 1. The molecular weight excluding hydrogens is 643 g/mol. The summed E-state index contributed by atoms with van der Waals surface area (Å²) in [7, 11) is 0. The highest BCUT2D eigenvalue weighted by atomic mass is 32.2. The fourth-order valence-electron chi connectivity index (χ4n) is 6.58. The van der Waals surface area contributed by atoms with Crippen molar-refractivity contribution in [1.82, 2.24) is 24.7 Å². The van der Waals surface area contributed by atoms with Crippen LogP contribution in [0.5, 0.6) is 0 Å². The number of ether oxygens (including phenoxy) is 1. The number of amides is 1. The number of hydrogen-bond donors (Lipinski definition) is 1. The summed E-state index contributed by atoms with van der Waals surface area (Å²) in [6, 6.07) is 2.59. The Kier molecular flexibility index (Phi) is 8.94. The molecule has 3 aliphatic rings. The number of rotatable bonds is 4. The second kappa shape index (κ2) is 12.5. The number of nitrogens with one attached hydrogen (secondary N) is 1. The van der Waals surface area contributed by atoms with Crippen molar-refractivity contribution < 1.29 is 31.5 Å². The Morgan fingerprint density at radius 3 is 2.45 bits per heavy atom. The highest BCUT2D eigenvalue weighted by Crippen LogP contribution is 2.50. The minimum atomic E-state index is -4.92. The molecule has 3 aromatic rings. The predicted molar refractivity (Wildman–Crippen MR) is 170 cm³/mol. The molecule has 3 aliphatic heterocycles. The lowest BCUT2D eigenvalue weighted by Gasteiger charge is -2.42. The van der Waals surface area contributed by atoms with E-state index in [0.717, 1.165) is 56.1 Å². The van der Waals surface area contributed by atoms with E-state index in [-0.39, 0.29) is 47.0 Å². The molecule has 0 spiro atoms. The van der Waals surface area contributed by atoms with Gasteiger partial charge in [-0.15, -0.1) is 11.8 Å². The topological polar surface area (TPSA) is 82.9 Å². The highest BCUT2D eigenvalue weighted by Gasteiger charge is 2.41. The van der Waals surface area contributed by atoms with Gasteiger partial charge in [0.15, 0.2) is 0 Å². The second-order valence-electron chi connectivity index (χ2n) is 13.2. The summed E-state index contributed by atoms with van der Waals surface area (Å²) in [6.07, 6.45) is -5.43. The molecule has 15 heteroatoms. The Labute approximate surface area is 273 Å². The molecule has 2 aromatic carbocycles. The maximum atomic E-state index is 15.3. The smallest absolute Gasteiger partial charge is 0.417 e. The van der Waals surface area contributed by atoms with E-state index >= 15 is 4.39 Å². The van der Waals surface area contributed by atoms with E-state index in [0.29, 0.717) is 12.6 Å². The Morgan fingerprint density at radius 2 is 1.81 bits per heavy atom. The van der Waals surface area contributed by atoms with Gasteiger partial charge in [0.05, 0.1) is 17.1 Å². The first-order valence-corrected chi connectivity index (χ1v) is 16.6. The second-order valence-corrected chi connectivity index (χ2v) is 14.2. The van der Waals surface area contributed by atoms with Crippen molar-refractivity contribution in [2.45, 2.75) is 56.5 Å². The van der Waals surface area contributed by atoms with Gasteiger partial charge in [0.1, 0.15) is 23.1 Å². The molecule has 254 valence electrons. The predicted octanol–water partition coefficient (Wildman–Crippen LogP) is 5.36. The number of halogens is 5. The number of aromatic nitrogens is 2. The molecule has 0 saturated carbocycles. The van der Waals surface area contributed by atoms with Gasteiger partial charge in [-0.1, -0.05) is 0 Å². The summed E-state index contributed by atoms with van der Waals surface area (Å²) in [6.45, 7) is 11.2. The Hall–Kier alpha value is -3.43. The van der Waals surface area contributed by atoms with Gasteiger partial charge >= 0.3 is 18.0 Å². The van der Waals surface area contributed by atoms with Crippen molar-refractivity contribution in [1.29, 1.82) is 0 Å². The van der Waals surface area contributed by atoms with Gasteiger partial charge < -0.3 is 19.9 Å². The zero-order valence-electron chi connectivity index (χ0n) is 26.6. The first-order valence-electron chi connectivity index (χ1n) is 15.6. The normalized spacial score (nSPS) is 21.0. The summed E-state index contributed by atoms with van der Waals surface area (Å²) in [5.41, 5.74) is -3.03. The van der Waals surface area contributed by atoms with Gasteiger partial charge in [0.25, 0.3) is 0 Å². The molecule has 47 heavy (non-hydrogen) atoms. The average Bonchev–Trinajstić information content (AvgIpc) is 2.98. The third kappa shape index (κ3) is 6.66. The Balaban J connectivity index is 1.54. The molecule has 0 unspecified atom stereocenters. The SMILES string of the molecule is C[C@H]1CN(C(=O)OC(C)(C)C)CCN1c1nc(=O)n2c3c(c(-c4ccc(F)cc4F)c(C(F)(F)F)cc13)SC[C@@H]2CN1CCNCC1. The van der Waals surface area contributed by atoms with Gasteiger partial charge in [0.2, 0.25) is 0 Å². The first kappa shape index (κ1) is 33.5. The van der Waals surface area contributed by atoms with Crippen LogP contribution in [0.3, 0.4) is 0 Å². The van der Waals surface area contributed by atoms with Crippen molar-refractivity contribution >= 4 is 34.6 Å². The van der Waals surface area contributed by atoms with Crippen molar-refractivity contribution in [2.75, 3.05) is 63.0 Å². The van der Waals surface area contributed by atoms with Gasteiger partial charge in [0, 0.05) is 91.6 Å². The molecule has 2 saturated heterocycles. The fraction of sp³-hybridized carbons (Fsp3) is 0.531. The first-order chi connectivity index (χ1) is 22.1. The van der Waals surface area contributed by atoms with Crippen LogP contribution in [0.1, 0.15) is 39.3 Å². The largest absolute Gasteiger partial charge is 0.444 e. The monoisotopic (exact) mass is 680 g/mol. The van der Waals surface area contributed by atoms with Crippen LogP contribution in [0.15, 0.2) is 34.0 Å². The zero-order chi connectivity index (χ0) is 33.8. The van der Waals surface area contributed by atoms with Crippen LogP contribution in [0.2, 0.25) is 0 Å². The van der Waals surface area contributed by atoms with E-state index in [1.807, 2.05) is 0 Å². The maximum absolute atomic E-state index is 15.3. The van der Waals surface area contributed by atoms with Crippen LogP contribution in [-0.4, -0.2) is 95.2 Å². The third-order valence-electron chi connectivity index (χ3n) is 8.67. The van der Waals surface area contributed by atoms with Crippen LogP contribution < -0.4 is 15.9 Å². The van der Waals surface area contributed by atoms with Crippen LogP contribution in [-0.2, 0) is 10.9 Å². The lowest BCUT2D eigenvalue weighted by atomic mass is 9.95. The van der Waals surface area contributed by atoms with E-state index in [4.69, 9.17) is 4.74 Å². The van der Waals surface area contributed by atoms with Crippen molar-refractivity contribution in [2.24, 2.45) is 0 Å². The van der Waals surface area contributed by atoms with Crippen LogP contribution in [0.25, 0.3) is 22.0 Å². The molecular formula is C32H37F5N6O3S. The number of piperazine rings is 2. The number of benzene rings is 2. The van der Waals surface area contributed by atoms with Gasteiger partial charge in [-0.3, -0.25) is 9.47 Å². The minimum Gasteiger partial charge on any atom is -0.444 e. The molecule has 6 rings (SSSR count). The number of anilines is 1.